The first-order chi connectivity index (χ1) is 18.8. The quantitative estimate of drug-likeness (QED) is 0.416. The fourth-order valence-corrected chi connectivity index (χ4v) is 14.2. The zero-order chi connectivity index (χ0) is 26.6. The van der Waals surface area contributed by atoms with Crippen molar-refractivity contribution in [3.05, 3.63) is 103 Å². The summed E-state index contributed by atoms with van der Waals surface area (Å²) in [4.78, 5) is 0.320. The molecule has 3 aromatic carbocycles. The van der Waals surface area contributed by atoms with E-state index in [4.69, 9.17) is 10.3 Å². The van der Waals surface area contributed by atoms with E-state index >= 15 is 0 Å². The van der Waals surface area contributed by atoms with Gasteiger partial charge in [0.15, 0.2) is 19.7 Å². The highest BCUT2D eigenvalue weighted by Gasteiger charge is 2.87. The third kappa shape index (κ3) is 2.63. The van der Waals surface area contributed by atoms with E-state index in [-0.39, 0.29) is 21.6 Å². The number of benzene rings is 3. The number of para-hydroxylation sites is 1. The molecule has 5 aliphatic rings. The molecule has 8 atom stereocenters. The molecule has 0 saturated heterocycles. The lowest BCUT2D eigenvalue weighted by atomic mass is 9.61. The summed E-state index contributed by atoms with van der Waals surface area (Å²) in [5, 5.41) is 9.46. The van der Waals surface area contributed by atoms with Crippen LogP contribution in [0.3, 0.4) is 0 Å². The number of sulfone groups is 2. The Labute approximate surface area is 228 Å². The third-order valence-electron chi connectivity index (χ3n) is 10.1. The van der Waals surface area contributed by atoms with Crippen LogP contribution >= 0.6 is 0 Å². The fraction of sp³-hybridized carbons (Fsp3) is 0.333. The summed E-state index contributed by atoms with van der Waals surface area (Å²) < 4.78 is 58.1. The van der Waals surface area contributed by atoms with Crippen molar-refractivity contribution in [3.8, 4) is 0 Å². The van der Waals surface area contributed by atoms with E-state index in [0.717, 1.165) is 12.1 Å². The van der Waals surface area contributed by atoms with Gasteiger partial charge in [0.05, 0.1) is 26.0 Å². The molecule has 8 rings (SSSR count). The molecule has 3 fully saturated rings. The molecule has 0 unspecified atom stereocenters. The summed E-state index contributed by atoms with van der Waals surface area (Å²) in [7, 11) is -8.05. The largest absolute Gasteiger partial charge is 0.238 e. The molecular formula is C30H27N3O4S2. The molecule has 0 amide bonds. The van der Waals surface area contributed by atoms with Gasteiger partial charge < -0.3 is 0 Å². The second-order valence-corrected chi connectivity index (χ2v) is 15.6. The van der Waals surface area contributed by atoms with Gasteiger partial charge >= 0.3 is 0 Å². The average Bonchev–Trinajstić information content (AvgIpc) is 3.76. The van der Waals surface area contributed by atoms with E-state index < -0.39 is 53.1 Å². The minimum absolute atomic E-state index is 0.0174. The van der Waals surface area contributed by atoms with Gasteiger partial charge in [-0.1, -0.05) is 72.0 Å². The van der Waals surface area contributed by atoms with Crippen molar-refractivity contribution < 1.29 is 16.8 Å². The molecule has 0 spiro atoms. The van der Waals surface area contributed by atoms with Crippen LogP contribution in [-0.4, -0.2) is 38.4 Å². The van der Waals surface area contributed by atoms with Crippen molar-refractivity contribution in [1.82, 2.24) is 0 Å². The average molecular weight is 558 g/mol. The van der Waals surface area contributed by atoms with E-state index in [0.29, 0.717) is 6.42 Å². The van der Waals surface area contributed by atoms with Crippen molar-refractivity contribution in [2.24, 2.45) is 34.0 Å². The Morgan fingerprint density at radius 2 is 1.15 bits per heavy atom. The molecule has 0 radical (unpaired) electrons. The second kappa shape index (κ2) is 7.67. The van der Waals surface area contributed by atoms with Crippen molar-refractivity contribution in [3.63, 3.8) is 0 Å². The summed E-state index contributed by atoms with van der Waals surface area (Å²) in [5.41, 5.74) is -0.662. The Morgan fingerprint density at radius 3 is 1.74 bits per heavy atom. The molecular weight excluding hydrogens is 530 g/mol. The van der Waals surface area contributed by atoms with Crippen LogP contribution in [0.5, 0.6) is 0 Å². The Balaban J connectivity index is 1.39. The van der Waals surface area contributed by atoms with E-state index in [2.05, 4.69) is 12.2 Å². The van der Waals surface area contributed by atoms with Crippen molar-refractivity contribution >= 4 is 25.4 Å². The monoisotopic (exact) mass is 557 g/mol. The molecule has 0 aromatic heterocycles. The second-order valence-electron chi connectivity index (χ2n) is 11.4. The summed E-state index contributed by atoms with van der Waals surface area (Å²) in [6.07, 6.45) is 5.67. The highest BCUT2D eigenvalue weighted by atomic mass is 32.2. The van der Waals surface area contributed by atoms with Crippen LogP contribution < -0.4 is 5.01 Å². The molecule has 0 N–H and O–H groups in total. The van der Waals surface area contributed by atoms with Gasteiger partial charge in [-0.25, -0.2) is 21.8 Å². The first-order valence-electron chi connectivity index (χ1n) is 13.4. The van der Waals surface area contributed by atoms with Crippen LogP contribution in [0, 0.1) is 23.7 Å². The van der Waals surface area contributed by atoms with E-state index in [9.17, 15) is 16.8 Å². The van der Waals surface area contributed by atoms with Gasteiger partial charge in [-0.2, -0.15) is 5.11 Å². The molecule has 3 saturated carbocycles. The van der Waals surface area contributed by atoms with Crippen LogP contribution in [0.4, 0.5) is 5.69 Å². The molecule has 198 valence electrons. The number of fused-ring (bicyclic) bond motifs is 4. The van der Waals surface area contributed by atoms with Gasteiger partial charge in [-0.05, 0) is 49.2 Å². The van der Waals surface area contributed by atoms with E-state index in [1.165, 1.54) is 0 Å². The Hall–Kier alpha value is -3.30. The smallest absolute Gasteiger partial charge is 0.182 e. The van der Waals surface area contributed by atoms with E-state index in [1.54, 1.807) is 60.7 Å². The molecule has 4 aliphatic carbocycles. The predicted molar refractivity (Wildman–Crippen MR) is 146 cm³/mol. The maximum atomic E-state index is 14.6. The van der Waals surface area contributed by atoms with Gasteiger partial charge in [0.2, 0.25) is 0 Å². The maximum absolute atomic E-state index is 14.6. The Morgan fingerprint density at radius 1 is 0.641 bits per heavy atom. The highest BCUT2D eigenvalue weighted by Crippen LogP contribution is 2.77. The van der Waals surface area contributed by atoms with Crippen LogP contribution in [0.2, 0.25) is 0 Å². The third-order valence-corrected chi connectivity index (χ3v) is 14.8. The molecule has 9 heteroatoms. The molecule has 39 heavy (non-hydrogen) atoms. The van der Waals surface area contributed by atoms with Gasteiger partial charge in [-0.15, -0.1) is 0 Å². The molecule has 4 bridgehead atoms. The predicted octanol–water partition coefficient (Wildman–Crippen LogP) is 4.89. The van der Waals surface area contributed by atoms with Crippen LogP contribution in [0.15, 0.2) is 123 Å². The molecule has 7 nitrogen and oxygen atoms in total. The van der Waals surface area contributed by atoms with Crippen LogP contribution in [0.25, 0.3) is 0 Å². The van der Waals surface area contributed by atoms with Gasteiger partial charge in [0, 0.05) is 23.7 Å². The maximum Gasteiger partial charge on any atom is 0.182 e. The van der Waals surface area contributed by atoms with Gasteiger partial charge in [0.1, 0.15) is 11.1 Å². The summed E-state index contributed by atoms with van der Waals surface area (Å²) in [6, 6.07) is 26.4. The lowest BCUT2D eigenvalue weighted by Crippen LogP contribution is -2.71. The molecule has 3 aromatic rings. The zero-order valence-electron chi connectivity index (χ0n) is 21.0. The normalized spacial score (nSPS) is 37.4. The Kier molecular flexibility index (Phi) is 4.63. The molecule has 1 heterocycles. The summed E-state index contributed by atoms with van der Waals surface area (Å²) in [5.74, 6) is -0.898. The fourth-order valence-electron chi connectivity index (χ4n) is 9.01. The van der Waals surface area contributed by atoms with Crippen molar-refractivity contribution in [1.29, 1.82) is 0 Å². The molecule has 1 aliphatic heterocycles. The first kappa shape index (κ1) is 23.6. The van der Waals surface area contributed by atoms with Crippen LogP contribution in [-0.2, 0) is 19.7 Å². The highest BCUT2D eigenvalue weighted by molar-refractivity contribution is 7.96. The zero-order valence-corrected chi connectivity index (χ0v) is 22.6. The first-order valence-corrected chi connectivity index (χ1v) is 16.5. The summed E-state index contributed by atoms with van der Waals surface area (Å²) in [6.45, 7) is 0. The lowest BCUT2D eigenvalue weighted by molar-refractivity contribution is 0.144. The van der Waals surface area contributed by atoms with Crippen LogP contribution in [0.1, 0.15) is 12.8 Å². The Bertz CT molecular complexity index is 1750. The number of anilines is 1. The number of hydrogen-bond donors (Lipinski definition) is 0. The van der Waals surface area contributed by atoms with Gasteiger partial charge in [-0.3, -0.25) is 0 Å². The van der Waals surface area contributed by atoms with Crippen molar-refractivity contribution in [2.45, 2.75) is 44.2 Å². The lowest BCUT2D eigenvalue weighted by Gasteiger charge is -2.54. The van der Waals surface area contributed by atoms with Crippen molar-refractivity contribution in [2.75, 3.05) is 5.01 Å². The SMILES string of the molecule is O=S(=O)(c1ccccc1)[C@@H]1[C@H](S(=O)(=O)c2ccccc2)[C@H]2C[C@@H]1[C@@]13[C@H]4C=C[C@@H](C4)[C@@]21N=NN3c1ccccc1. The minimum Gasteiger partial charge on any atom is -0.238 e. The van der Waals surface area contributed by atoms with E-state index in [1.807, 2.05) is 35.3 Å². The standard InChI is InChI=1S/C30H27N3O4S2/c34-38(35,23-12-6-2-7-13-23)27-25-19-26(28(27)39(36,37)24-14-8-3-9-15-24)30-21-17-16-20(18-21)29(25,30)31-32-33(30)22-10-4-1-5-11-22/h1-17,20-21,25-28H,18-19H2/t20-,21-,25+,26-,27+,28-,29+,30-/m0/s1. The minimum atomic E-state index is -4.03. The number of nitrogens with zero attached hydrogens (tertiary/aromatic N) is 3. The topological polar surface area (TPSA) is 96.2 Å². The van der Waals surface area contributed by atoms with Gasteiger partial charge in [0.25, 0.3) is 0 Å². The number of rotatable bonds is 5. The summed E-state index contributed by atoms with van der Waals surface area (Å²) >= 11 is 0. The number of hydrogen-bond acceptors (Lipinski definition) is 7.